The number of rotatable bonds is 4. The number of amides is 1. The number of aryl methyl sites for hydroxylation is 1. The van der Waals surface area contributed by atoms with Gasteiger partial charge in [0.25, 0.3) is 5.91 Å². The molecule has 0 radical (unpaired) electrons. The zero-order valence-electron chi connectivity index (χ0n) is 13.3. The van der Waals surface area contributed by atoms with Crippen molar-refractivity contribution in [2.45, 2.75) is 46.3 Å². The van der Waals surface area contributed by atoms with Crippen molar-refractivity contribution in [1.29, 1.82) is 0 Å². The van der Waals surface area contributed by atoms with Gasteiger partial charge in [-0.25, -0.2) is 9.78 Å². The van der Waals surface area contributed by atoms with E-state index in [2.05, 4.69) is 18.8 Å². The molecule has 1 aromatic rings. The van der Waals surface area contributed by atoms with Gasteiger partial charge in [0.05, 0.1) is 23.4 Å². The van der Waals surface area contributed by atoms with Crippen molar-refractivity contribution in [1.82, 2.24) is 9.88 Å². The monoisotopic (exact) mass is 326 g/mol. The number of hydrogen-bond donors (Lipinski definition) is 1. The van der Waals surface area contributed by atoms with Crippen LogP contribution < -0.4 is 0 Å². The lowest BCUT2D eigenvalue weighted by molar-refractivity contribution is -0.160. The summed E-state index contributed by atoms with van der Waals surface area (Å²) in [7, 11) is 0. The Morgan fingerprint density at radius 3 is 2.73 bits per heavy atom. The third-order valence-corrected chi connectivity index (χ3v) is 4.42. The van der Waals surface area contributed by atoms with Gasteiger partial charge in [-0.2, -0.15) is 0 Å². The van der Waals surface area contributed by atoms with Gasteiger partial charge < -0.3 is 14.7 Å². The lowest BCUT2D eigenvalue weighted by atomic mass is 10.1. The van der Waals surface area contributed by atoms with E-state index < -0.39 is 12.1 Å². The summed E-state index contributed by atoms with van der Waals surface area (Å²) in [5.74, 6) is -0.765. The van der Waals surface area contributed by atoms with Crippen molar-refractivity contribution in [3.63, 3.8) is 0 Å². The lowest BCUT2D eigenvalue weighted by Crippen LogP contribution is -2.51. The fourth-order valence-electron chi connectivity index (χ4n) is 2.56. The Kier molecular flexibility index (Phi) is 5.18. The molecule has 0 aliphatic carbocycles. The Labute approximate surface area is 134 Å². The molecule has 0 spiro atoms. The number of ether oxygens (including phenoxy) is 1. The second-order valence-corrected chi connectivity index (χ2v) is 7.29. The normalized spacial score (nSPS) is 22.1. The van der Waals surface area contributed by atoms with E-state index in [-0.39, 0.29) is 18.6 Å². The molecule has 2 atom stereocenters. The van der Waals surface area contributed by atoms with Gasteiger partial charge in [0.15, 0.2) is 6.10 Å². The molecule has 1 aromatic heterocycles. The summed E-state index contributed by atoms with van der Waals surface area (Å²) in [6, 6.07) is 0. The number of aromatic nitrogens is 1. The van der Waals surface area contributed by atoms with Crippen LogP contribution in [0, 0.1) is 12.8 Å². The van der Waals surface area contributed by atoms with Crippen molar-refractivity contribution < 1.29 is 19.4 Å². The van der Waals surface area contributed by atoms with Crippen LogP contribution in [0.25, 0.3) is 0 Å². The van der Waals surface area contributed by atoms with Gasteiger partial charge in [0, 0.05) is 6.54 Å². The molecule has 0 aromatic carbocycles. The standard InChI is InChI=1S/C15H22N2O4S/c1-8(2)5-11-13(22-10(4)16-11)14(18)17-6-9(3)21-12(7-17)15(19)20/h8-9,12H,5-7H2,1-4H3,(H,19,20)/t9-,12?/m1/s1. The number of carboxylic acids is 1. The number of thiazole rings is 1. The SMILES string of the molecule is Cc1nc(CC(C)C)c(C(=O)N2CC(C(=O)O)O[C@H](C)C2)s1. The van der Waals surface area contributed by atoms with Crippen LogP contribution in [0.5, 0.6) is 0 Å². The minimum absolute atomic E-state index is 0.0799. The second kappa shape index (κ2) is 6.75. The molecule has 1 fully saturated rings. The van der Waals surface area contributed by atoms with Crippen LogP contribution >= 0.6 is 11.3 Å². The summed E-state index contributed by atoms with van der Waals surface area (Å²) in [5, 5.41) is 9.99. The molecule has 122 valence electrons. The average Bonchev–Trinajstić information content (AvgIpc) is 2.77. The number of nitrogens with zero attached hydrogens (tertiary/aromatic N) is 2. The summed E-state index contributed by atoms with van der Waals surface area (Å²) in [5.41, 5.74) is 0.813. The molecular weight excluding hydrogens is 304 g/mol. The number of aliphatic carboxylic acids is 1. The summed E-state index contributed by atoms with van der Waals surface area (Å²) in [6.07, 6.45) is -0.509. The van der Waals surface area contributed by atoms with Gasteiger partial charge in [-0.3, -0.25) is 4.79 Å². The minimum atomic E-state index is -1.03. The molecule has 0 bridgehead atoms. The predicted octanol–water partition coefficient (Wildman–Crippen LogP) is 1.96. The molecule has 1 aliphatic heterocycles. The highest BCUT2D eigenvalue weighted by Crippen LogP contribution is 2.24. The van der Waals surface area contributed by atoms with Crippen LogP contribution in [0.4, 0.5) is 0 Å². The molecule has 22 heavy (non-hydrogen) atoms. The highest BCUT2D eigenvalue weighted by atomic mass is 32.1. The van der Waals surface area contributed by atoms with E-state index in [1.54, 1.807) is 11.8 Å². The van der Waals surface area contributed by atoms with E-state index in [0.717, 1.165) is 17.1 Å². The number of morpholine rings is 1. The number of carboxylic acid groups (broad SMARTS) is 1. The maximum atomic E-state index is 12.8. The highest BCUT2D eigenvalue weighted by Gasteiger charge is 2.34. The topological polar surface area (TPSA) is 79.7 Å². The molecule has 1 unspecified atom stereocenters. The highest BCUT2D eigenvalue weighted by molar-refractivity contribution is 7.13. The predicted molar refractivity (Wildman–Crippen MR) is 83.3 cm³/mol. The van der Waals surface area contributed by atoms with Crippen molar-refractivity contribution in [3.8, 4) is 0 Å². The Hall–Kier alpha value is -1.47. The van der Waals surface area contributed by atoms with Crippen LogP contribution in [0.1, 0.15) is 41.1 Å². The Morgan fingerprint density at radius 1 is 1.45 bits per heavy atom. The van der Waals surface area contributed by atoms with Crippen molar-refractivity contribution in [2.75, 3.05) is 13.1 Å². The first-order chi connectivity index (χ1) is 10.3. The van der Waals surface area contributed by atoms with Gasteiger partial charge in [0.1, 0.15) is 4.88 Å². The summed E-state index contributed by atoms with van der Waals surface area (Å²) in [6.45, 7) is 8.31. The molecule has 1 aliphatic rings. The third-order valence-electron chi connectivity index (χ3n) is 3.42. The van der Waals surface area contributed by atoms with E-state index in [9.17, 15) is 9.59 Å². The van der Waals surface area contributed by atoms with E-state index in [4.69, 9.17) is 9.84 Å². The Morgan fingerprint density at radius 2 is 2.14 bits per heavy atom. The maximum absolute atomic E-state index is 12.8. The van der Waals surface area contributed by atoms with Gasteiger partial charge in [-0.05, 0) is 26.2 Å². The number of carbonyl (C=O) groups excluding carboxylic acids is 1. The van der Waals surface area contributed by atoms with E-state index in [1.807, 2.05) is 6.92 Å². The smallest absolute Gasteiger partial charge is 0.334 e. The number of carbonyl (C=O) groups is 2. The maximum Gasteiger partial charge on any atom is 0.334 e. The van der Waals surface area contributed by atoms with Gasteiger partial charge in [-0.15, -0.1) is 11.3 Å². The third kappa shape index (κ3) is 3.84. The van der Waals surface area contributed by atoms with Crippen LogP contribution in [0.3, 0.4) is 0 Å². The molecule has 2 heterocycles. The largest absolute Gasteiger partial charge is 0.479 e. The van der Waals surface area contributed by atoms with E-state index in [0.29, 0.717) is 17.3 Å². The fourth-order valence-corrected chi connectivity index (χ4v) is 3.47. The molecule has 1 saturated heterocycles. The van der Waals surface area contributed by atoms with Gasteiger partial charge >= 0.3 is 5.97 Å². The number of hydrogen-bond acceptors (Lipinski definition) is 5. The zero-order chi connectivity index (χ0) is 16.4. The molecular formula is C15H22N2O4S. The molecule has 6 nitrogen and oxygen atoms in total. The lowest BCUT2D eigenvalue weighted by Gasteiger charge is -2.34. The summed E-state index contributed by atoms with van der Waals surface area (Å²) < 4.78 is 5.36. The van der Waals surface area contributed by atoms with E-state index in [1.165, 1.54) is 11.3 Å². The molecule has 1 N–H and O–H groups in total. The van der Waals surface area contributed by atoms with Crippen LogP contribution in [-0.4, -0.2) is 52.2 Å². The second-order valence-electron chi connectivity index (χ2n) is 6.09. The van der Waals surface area contributed by atoms with Crippen LogP contribution in [0.2, 0.25) is 0 Å². The fraction of sp³-hybridized carbons (Fsp3) is 0.667. The Balaban J connectivity index is 2.22. The van der Waals surface area contributed by atoms with Gasteiger partial charge in [0.2, 0.25) is 0 Å². The first-order valence-corrected chi connectivity index (χ1v) is 8.23. The zero-order valence-corrected chi connectivity index (χ0v) is 14.1. The molecule has 1 amide bonds. The molecule has 2 rings (SSSR count). The average molecular weight is 326 g/mol. The Bertz CT molecular complexity index is 570. The van der Waals surface area contributed by atoms with E-state index >= 15 is 0 Å². The summed E-state index contributed by atoms with van der Waals surface area (Å²) in [4.78, 5) is 30.6. The van der Waals surface area contributed by atoms with Crippen LogP contribution in [-0.2, 0) is 16.0 Å². The first kappa shape index (κ1) is 16.9. The molecule has 7 heteroatoms. The van der Waals surface area contributed by atoms with Crippen LogP contribution in [0.15, 0.2) is 0 Å². The minimum Gasteiger partial charge on any atom is -0.479 e. The van der Waals surface area contributed by atoms with Crippen molar-refractivity contribution >= 4 is 23.2 Å². The molecule has 0 saturated carbocycles. The first-order valence-electron chi connectivity index (χ1n) is 7.41. The van der Waals surface area contributed by atoms with Crippen molar-refractivity contribution in [2.24, 2.45) is 5.92 Å². The quantitative estimate of drug-likeness (QED) is 0.915. The summed E-state index contributed by atoms with van der Waals surface area (Å²) >= 11 is 1.38. The van der Waals surface area contributed by atoms with Crippen molar-refractivity contribution in [3.05, 3.63) is 15.6 Å². The van der Waals surface area contributed by atoms with Gasteiger partial charge in [-0.1, -0.05) is 13.8 Å².